The Bertz CT molecular complexity index is 603. The molecule has 0 bridgehead atoms. The number of aromatic hydroxyl groups is 1. The zero-order chi connectivity index (χ0) is 11.1. The van der Waals surface area contributed by atoms with Gasteiger partial charge in [-0.15, -0.1) is 5.10 Å². The molecule has 1 aromatic heterocycles. The van der Waals surface area contributed by atoms with Crippen molar-refractivity contribution in [2.45, 2.75) is 4.90 Å². The maximum absolute atomic E-state index is 11.6. The first-order chi connectivity index (χ1) is 7.06. The van der Waals surface area contributed by atoms with Crippen LogP contribution in [0, 0.1) is 0 Å². The molecule has 1 heterocycles. The van der Waals surface area contributed by atoms with E-state index in [1.165, 1.54) is 13.1 Å². The van der Waals surface area contributed by atoms with Crippen molar-refractivity contribution in [1.82, 2.24) is 14.9 Å². The van der Waals surface area contributed by atoms with Crippen LogP contribution in [0.2, 0.25) is 0 Å². The van der Waals surface area contributed by atoms with E-state index in [-0.39, 0.29) is 10.8 Å². The van der Waals surface area contributed by atoms with Crippen LogP contribution >= 0.6 is 0 Å². The van der Waals surface area contributed by atoms with E-state index in [0.29, 0.717) is 10.9 Å². The molecule has 6 nitrogen and oxygen atoms in total. The minimum atomic E-state index is -3.54. The van der Waals surface area contributed by atoms with Gasteiger partial charge in [-0.25, -0.2) is 13.1 Å². The van der Waals surface area contributed by atoms with E-state index in [1.807, 2.05) is 0 Å². The van der Waals surface area contributed by atoms with Crippen LogP contribution in [0.3, 0.4) is 0 Å². The Kier molecular flexibility index (Phi) is 2.13. The zero-order valence-corrected chi connectivity index (χ0v) is 8.67. The van der Waals surface area contributed by atoms with Gasteiger partial charge in [-0.3, -0.25) is 5.10 Å². The number of nitrogens with zero attached hydrogens (tertiary/aromatic N) is 1. The van der Waals surface area contributed by atoms with E-state index in [0.717, 1.165) is 0 Å². The van der Waals surface area contributed by atoms with Crippen LogP contribution in [-0.2, 0) is 10.0 Å². The Morgan fingerprint density at radius 3 is 2.87 bits per heavy atom. The van der Waals surface area contributed by atoms with Gasteiger partial charge in [0, 0.05) is 0 Å². The van der Waals surface area contributed by atoms with Gasteiger partial charge in [-0.2, -0.15) is 0 Å². The summed E-state index contributed by atoms with van der Waals surface area (Å²) in [5, 5.41) is 15.7. The van der Waals surface area contributed by atoms with Crippen molar-refractivity contribution in [3.63, 3.8) is 0 Å². The van der Waals surface area contributed by atoms with E-state index in [9.17, 15) is 13.5 Å². The number of aromatic amines is 1. The number of hydrogen-bond donors (Lipinski definition) is 3. The number of sulfonamides is 1. The molecule has 0 atom stereocenters. The summed E-state index contributed by atoms with van der Waals surface area (Å²) in [5.74, 6) is -0.210. The summed E-state index contributed by atoms with van der Waals surface area (Å²) in [6.45, 7) is 0. The zero-order valence-electron chi connectivity index (χ0n) is 7.85. The topological polar surface area (TPSA) is 95.1 Å². The maximum Gasteiger partial charge on any atom is 0.242 e. The van der Waals surface area contributed by atoms with Crippen molar-refractivity contribution in [3.05, 3.63) is 18.2 Å². The Labute approximate surface area is 86.0 Å². The number of rotatable bonds is 2. The molecule has 0 aliphatic rings. The first-order valence-corrected chi connectivity index (χ1v) is 5.64. The summed E-state index contributed by atoms with van der Waals surface area (Å²) in [5.41, 5.74) is 0.296. The lowest BCUT2D eigenvalue weighted by Gasteiger charge is -2.02. The van der Waals surface area contributed by atoms with Gasteiger partial charge in [0.05, 0.1) is 10.9 Å². The Morgan fingerprint density at radius 2 is 2.20 bits per heavy atom. The highest BCUT2D eigenvalue weighted by atomic mass is 32.2. The predicted molar refractivity (Wildman–Crippen MR) is 54.0 cm³/mol. The third kappa shape index (κ3) is 1.45. The largest absolute Gasteiger partial charge is 0.492 e. The highest BCUT2D eigenvalue weighted by Crippen LogP contribution is 2.26. The average molecular weight is 227 g/mol. The van der Waals surface area contributed by atoms with Gasteiger partial charge in [-0.1, -0.05) is 6.07 Å². The molecule has 0 aliphatic heterocycles. The standard InChI is InChI=1S/C8H9N3O3S/c1-9-15(13,14)6-4-2-3-5-7(6)10-11-8(5)12/h2-4,9H,1H3,(H2,10,11,12). The van der Waals surface area contributed by atoms with Crippen molar-refractivity contribution < 1.29 is 13.5 Å². The summed E-state index contributed by atoms with van der Waals surface area (Å²) in [6.07, 6.45) is 0. The second-order valence-electron chi connectivity index (χ2n) is 2.93. The molecule has 0 radical (unpaired) electrons. The van der Waals surface area contributed by atoms with Crippen LogP contribution in [0.25, 0.3) is 10.9 Å². The van der Waals surface area contributed by atoms with E-state index in [2.05, 4.69) is 14.9 Å². The Hall–Kier alpha value is -1.60. The molecule has 80 valence electrons. The van der Waals surface area contributed by atoms with E-state index in [4.69, 9.17) is 0 Å². The van der Waals surface area contributed by atoms with Crippen LogP contribution in [0.4, 0.5) is 0 Å². The number of aromatic nitrogens is 2. The second kappa shape index (κ2) is 3.21. The molecule has 0 amide bonds. The quantitative estimate of drug-likeness (QED) is 0.681. The maximum atomic E-state index is 11.6. The van der Waals surface area contributed by atoms with Gasteiger partial charge in [0.25, 0.3) is 0 Å². The lowest BCUT2D eigenvalue weighted by atomic mass is 10.2. The third-order valence-electron chi connectivity index (χ3n) is 2.10. The summed E-state index contributed by atoms with van der Waals surface area (Å²) in [4.78, 5) is 0.0651. The van der Waals surface area contributed by atoms with Gasteiger partial charge in [-0.05, 0) is 19.2 Å². The lowest BCUT2D eigenvalue weighted by Crippen LogP contribution is -2.18. The predicted octanol–water partition coefficient (Wildman–Crippen LogP) is 0.177. The summed E-state index contributed by atoms with van der Waals surface area (Å²) >= 11 is 0. The molecule has 3 N–H and O–H groups in total. The van der Waals surface area contributed by atoms with Crippen molar-refractivity contribution in [2.75, 3.05) is 7.05 Å². The molecule has 2 rings (SSSR count). The monoisotopic (exact) mass is 227 g/mol. The number of H-pyrrole nitrogens is 1. The molecule has 0 saturated heterocycles. The SMILES string of the molecule is CNS(=O)(=O)c1cccc2c(O)n[nH]c12. The van der Waals surface area contributed by atoms with Crippen molar-refractivity contribution in [3.8, 4) is 5.88 Å². The summed E-state index contributed by atoms with van der Waals surface area (Å²) in [6, 6.07) is 4.57. The fraction of sp³-hybridized carbons (Fsp3) is 0.125. The summed E-state index contributed by atoms with van der Waals surface area (Å²) < 4.78 is 25.4. The van der Waals surface area contributed by atoms with Crippen LogP contribution in [0.1, 0.15) is 0 Å². The molecular weight excluding hydrogens is 218 g/mol. The molecule has 0 spiro atoms. The van der Waals surface area contributed by atoms with Gasteiger partial charge < -0.3 is 5.11 Å². The number of fused-ring (bicyclic) bond motifs is 1. The Morgan fingerprint density at radius 1 is 1.47 bits per heavy atom. The highest BCUT2D eigenvalue weighted by Gasteiger charge is 2.17. The first-order valence-electron chi connectivity index (χ1n) is 4.16. The van der Waals surface area contributed by atoms with Crippen LogP contribution in [0.15, 0.2) is 23.1 Å². The Balaban J connectivity index is 2.83. The van der Waals surface area contributed by atoms with Gasteiger partial charge in [0.2, 0.25) is 15.9 Å². The molecule has 0 saturated carbocycles. The molecule has 0 unspecified atom stereocenters. The normalized spacial score (nSPS) is 12.1. The minimum Gasteiger partial charge on any atom is -0.492 e. The molecule has 7 heteroatoms. The minimum absolute atomic E-state index is 0.0651. The van der Waals surface area contributed by atoms with E-state index in [1.54, 1.807) is 12.1 Å². The molecule has 15 heavy (non-hydrogen) atoms. The van der Waals surface area contributed by atoms with Crippen molar-refractivity contribution >= 4 is 20.9 Å². The van der Waals surface area contributed by atoms with Crippen molar-refractivity contribution in [2.24, 2.45) is 0 Å². The van der Waals surface area contributed by atoms with Crippen molar-refractivity contribution in [1.29, 1.82) is 0 Å². The molecule has 0 aliphatic carbocycles. The summed E-state index contributed by atoms with van der Waals surface area (Å²) in [7, 11) is -2.22. The number of nitrogens with one attached hydrogen (secondary N) is 2. The van der Waals surface area contributed by atoms with E-state index >= 15 is 0 Å². The number of para-hydroxylation sites is 1. The van der Waals surface area contributed by atoms with Gasteiger partial charge >= 0.3 is 0 Å². The van der Waals surface area contributed by atoms with Crippen LogP contribution in [-0.4, -0.2) is 30.8 Å². The first kappa shape index (κ1) is 9.94. The molecule has 1 aromatic carbocycles. The molecule has 2 aromatic rings. The van der Waals surface area contributed by atoms with Gasteiger partial charge in [0.1, 0.15) is 4.90 Å². The van der Waals surface area contributed by atoms with Gasteiger partial charge in [0.15, 0.2) is 0 Å². The fourth-order valence-electron chi connectivity index (χ4n) is 1.34. The fourth-order valence-corrected chi connectivity index (χ4v) is 2.24. The lowest BCUT2D eigenvalue weighted by molar-refractivity contribution is 0.457. The van der Waals surface area contributed by atoms with Crippen LogP contribution in [0.5, 0.6) is 5.88 Å². The smallest absolute Gasteiger partial charge is 0.242 e. The second-order valence-corrected chi connectivity index (χ2v) is 4.79. The van der Waals surface area contributed by atoms with Crippen LogP contribution < -0.4 is 4.72 Å². The van der Waals surface area contributed by atoms with E-state index < -0.39 is 10.0 Å². The third-order valence-corrected chi connectivity index (χ3v) is 3.56. The molecular formula is C8H9N3O3S. The molecule has 0 fully saturated rings. The number of benzene rings is 1. The average Bonchev–Trinajstić information content (AvgIpc) is 2.60. The number of hydrogen-bond acceptors (Lipinski definition) is 4. The highest BCUT2D eigenvalue weighted by molar-refractivity contribution is 7.89.